The Morgan fingerprint density at radius 3 is 2.13 bits per heavy atom. The van der Waals surface area contributed by atoms with E-state index in [2.05, 4.69) is 50.0 Å². The van der Waals surface area contributed by atoms with Crippen LogP contribution in [0.15, 0.2) is 53.0 Å². The van der Waals surface area contributed by atoms with E-state index in [0.29, 0.717) is 0 Å². The fourth-order valence-electron chi connectivity index (χ4n) is 2.74. The highest BCUT2D eigenvalue weighted by molar-refractivity contribution is 9.10. The zero-order valence-corrected chi connectivity index (χ0v) is 15.4. The second-order valence-corrected chi connectivity index (χ2v) is 6.79. The number of halogens is 1. The van der Waals surface area contributed by atoms with Gasteiger partial charge >= 0.3 is 0 Å². The molecule has 120 valence electrons. The maximum atomic E-state index is 5.65. The molecule has 5 heteroatoms. The van der Waals surface area contributed by atoms with Gasteiger partial charge in [0.25, 0.3) is 0 Å². The molecule has 0 radical (unpaired) electrons. The van der Waals surface area contributed by atoms with Crippen LogP contribution in [0.5, 0.6) is 5.75 Å². The van der Waals surface area contributed by atoms with Gasteiger partial charge in [0.15, 0.2) is 0 Å². The summed E-state index contributed by atoms with van der Waals surface area (Å²) in [5.41, 5.74) is 2.35. The lowest BCUT2D eigenvalue weighted by Gasteiger charge is -2.37. The summed E-state index contributed by atoms with van der Waals surface area (Å²) in [6, 6.07) is 16.5. The molecule has 2 aromatic carbocycles. The molecule has 0 aliphatic carbocycles. The summed E-state index contributed by atoms with van der Waals surface area (Å²) < 4.78 is 6.29. The Morgan fingerprint density at radius 1 is 0.957 bits per heavy atom. The van der Waals surface area contributed by atoms with E-state index in [9.17, 15) is 0 Å². The Bertz CT molecular complexity index is 664. The molecule has 23 heavy (non-hydrogen) atoms. The number of benzene rings is 2. The zero-order valence-electron chi connectivity index (χ0n) is 13.0. The smallest absolute Gasteiger partial charge is 0.119 e. The highest BCUT2D eigenvalue weighted by Gasteiger charge is 2.20. The fourth-order valence-corrected chi connectivity index (χ4v) is 3.32. The third-order valence-electron chi connectivity index (χ3n) is 4.10. The molecule has 3 nitrogen and oxygen atoms in total. The van der Waals surface area contributed by atoms with Gasteiger partial charge in [-0.05, 0) is 36.4 Å². The van der Waals surface area contributed by atoms with Crippen LogP contribution in [0.1, 0.15) is 5.56 Å². The second-order valence-electron chi connectivity index (χ2n) is 5.48. The van der Waals surface area contributed by atoms with E-state index in [4.69, 9.17) is 17.0 Å². The molecule has 2 aromatic rings. The van der Waals surface area contributed by atoms with Crippen LogP contribution in [0.3, 0.4) is 0 Å². The molecule has 3 rings (SSSR count). The van der Waals surface area contributed by atoms with Crippen LogP contribution in [-0.4, -0.2) is 43.2 Å². The highest BCUT2D eigenvalue weighted by Crippen LogP contribution is 2.21. The van der Waals surface area contributed by atoms with E-state index in [1.807, 2.05) is 24.3 Å². The van der Waals surface area contributed by atoms with Gasteiger partial charge in [0.05, 0.1) is 7.11 Å². The van der Waals surface area contributed by atoms with Crippen LogP contribution in [0.4, 0.5) is 5.69 Å². The normalized spacial score (nSPS) is 14.7. The van der Waals surface area contributed by atoms with E-state index >= 15 is 0 Å². The summed E-state index contributed by atoms with van der Waals surface area (Å²) in [5.74, 6) is 0.892. The topological polar surface area (TPSA) is 15.7 Å². The summed E-state index contributed by atoms with van der Waals surface area (Å²) in [4.78, 5) is 5.62. The Kier molecular flexibility index (Phi) is 5.18. The number of hydrogen-bond acceptors (Lipinski definition) is 3. The van der Waals surface area contributed by atoms with Gasteiger partial charge in [-0.1, -0.05) is 40.3 Å². The summed E-state index contributed by atoms with van der Waals surface area (Å²) in [6.45, 7) is 3.84. The van der Waals surface area contributed by atoms with Crippen LogP contribution in [0.25, 0.3) is 0 Å². The molecule has 0 spiro atoms. The van der Waals surface area contributed by atoms with Gasteiger partial charge in [-0.25, -0.2) is 0 Å². The fraction of sp³-hybridized carbons (Fsp3) is 0.278. The molecule has 0 N–H and O–H groups in total. The summed E-state index contributed by atoms with van der Waals surface area (Å²) >= 11 is 9.11. The van der Waals surface area contributed by atoms with Crippen LogP contribution in [-0.2, 0) is 0 Å². The van der Waals surface area contributed by atoms with E-state index in [1.54, 1.807) is 7.11 Å². The van der Waals surface area contributed by atoms with Crippen molar-refractivity contribution in [3.8, 4) is 5.75 Å². The molecule has 1 aliphatic heterocycles. The van der Waals surface area contributed by atoms with E-state index < -0.39 is 0 Å². The minimum atomic E-state index is 0.892. The first-order valence-corrected chi connectivity index (χ1v) is 8.81. The lowest BCUT2D eigenvalue weighted by molar-refractivity contribution is 0.392. The third kappa shape index (κ3) is 3.85. The average Bonchev–Trinajstić information content (AvgIpc) is 2.62. The Morgan fingerprint density at radius 2 is 1.57 bits per heavy atom. The predicted octanol–water partition coefficient (Wildman–Crippen LogP) is 3.96. The molecule has 0 saturated carbocycles. The van der Waals surface area contributed by atoms with E-state index in [0.717, 1.165) is 47.0 Å². The van der Waals surface area contributed by atoms with Gasteiger partial charge < -0.3 is 14.5 Å². The molecule has 1 heterocycles. The molecule has 1 saturated heterocycles. The zero-order chi connectivity index (χ0) is 16.2. The minimum Gasteiger partial charge on any atom is -0.497 e. The average molecular weight is 391 g/mol. The number of nitrogens with zero attached hydrogens (tertiary/aromatic N) is 2. The summed E-state index contributed by atoms with van der Waals surface area (Å²) in [5, 5.41) is 0. The van der Waals surface area contributed by atoms with Gasteiger partial charge in [0, 0.05) is 41.9 Å². The van der Waals surface area contributed by atoms with Gasteiger partial charge in [-0.2, -0.15) is 0 Å². The van der Waals surface area contributed by atoms with Crippen molar-refractivity contribution < 1.29 is 4.74 Å². The molecular weight excluding hydrogens is 372 g/mol. The van der Waals surface area contributed by atoms with Crippen LogP contribution < -0.4 is 9.64 Å². The minimum absolute atomic E-state index is 0.892. The SMILES string of the molecule is COc1ccc(N2CCN(C(=S)c3ccc(Br)cc3)CC2)cc1. The van der Waals surface area contributed by atoms with Crippen molar-refractivity contribution in [1.29, 1.82) is 0 Å². The highest BCUT2D eigenvalue weighted by atomic mass is 79.9. The van der Waals surface area contributed by atoms with Crippen LogP contribution in [0, 0.1) is 0 Å². The first-order valence-electron chi connectivity index (χ1n) is 7.61. The number of ether oxygens (including phenoxy) is 1. The van der Waals surface area contributed by atoms with E-state index in [-0.39, 0.29) is 0 Å². The molecule has 0 aromatic heterocycles. The molecule has 0 bridgehead atoms. The number of piperazine rings is 1. The Balaban J connectivity index is 1.61. The number of methoxy groups -OCH3 is 1. The number of rotatable bonds is 3. The van der Waals surface area contributed by atoms with Crippen molar-refractivity contribution in [1.82, 2.24) is 4.90 Å². The summed E-state index contributed by atoms with van der Waals surface area (Å²) in [6.07, 6.45) is 0. The Labute approximate surface area is 151 Å². The van der Waals surface area contributed by atoms with Crippen molar-refractivity contribution in [3.05, 3.63) is 58.6 Å². The van der Waals surface area contributed by atoms with Gasteiger partial charge in [-0.15, -0.1) is 0 Å². The maximum absolute atomic E-state index is 5.65. The first kappa shape index (κ1) is 16.3. The van der Waals surface area contributed by atoms with Crippen LogP contribution >= 0.6 is 28.1 Å². The van der Waals surface area contributed by atoms with Gasteiger partial charge in [0.2, 0.25) is 0 Å². The van der Waals surface area contributed by atoms with Crippen molar-refractivity contribution in [2.24, 2.45) is 0 Å². The third-order valence-corrected chi connectivity index (χ3v) is 5.12. The lowest BCUT2D eigenvalue weighted by Crippen LogP contribution is -2.48. The largest absolute Gasteiger partial charge is 0.497 e. The van der Waals surface area contributed by atoms with Crippen LogP contribution in [0.2, 0.25) is 0 Å². The first-order chi connectivity index (χ1) is 11.2. The number of thiocarbonyl (C=S) groups is 1. The molecule has 1 fully saturated rings. The number of anilines is 1. The van der Waals surface area contributed by atoms with Crippen molar-refractivity contribution in [3.63, 3.8) is 0 Å². The van der Waals surface area contributed by atoms with Gasteiger partial charge in [0.1, 0.15) is 10.7 Å². The molecule has 1 aliphatic rings. The molecule has 0 atom stereocenters. The van der Waals surface area contributed by atoms with Gasteiger partial charge in [-0.3, -0.25) is 0 Å². The standard InChI is InChI=1S/C18H19BrN2OS/c1-22-17-8-6-16(7-9-17)20-10-12-21(13-11-20)18(23)14-2-4-15(19)5-3-14/h2-9H,10-13H2,1H3. The Hall–Kier alpha value is -1.59. The molecule has 0 amide bonds. The quantitative estimate of drug-likeness (QED) is 0.736. The maximum Gasteiger partial charge on any atom is 0.119 e. The predicted molar refractivity (Wildman–Crippen MR) is 103 cm³/mol. The van der Waals surface area contributed by atoms with Crippen molar-refractivity contribution >= 4 is 38.8 Å². The monoisotopic (exact) mass is 390 g/mol. The molecule has 0 unspecified atom stereocenters. The van der Waals surface area contributed by atoms with E-state index in [1.165, 1.54) is 5.69 Å². The van der Waals surface area contributed by atoms with Crippen molar-refractivity contribution in [2.45, 2.75) is 0 Å². The number of hydrogen-bond donors (Lipinski definition) is 0. The molecular formula is C18H19BrN2OS. The summed E-state index contributed by atoms with van der Waals surface area (Å²) in [7, 11) is 1.69. The lowest BCUT2D eigenvalue weighted by atomic mass is 10.2. The second kappa shape index (κ2) is 7.32. The van der Waals surface area contributed by atoms with Crippen molar-refractivity contribution in [2.75, 3.05) is 38.2 Å².